The highest BCUT2D eigenvalue weighted by Crippen LogP contribution is 2.26. The van der Waals surface area contributed by atoms with Gasteiger partial charge in [0.2, 0.25) is 0 Å². The van der Waals surface area contributed by atoms with Crippen molar-refractivity contribution in [1.82, 2.24) is 0 Å². The van der Waals surface area contributed by atoms with Gasteiger partial charge < -0.3 is 50.0 Å². The van der Waals surface area contributed by atoms with E-state index in [4.69, 9.17) is 24.4 Å². The first-order chi connectivity index (χ1) is 10.8. The molecule has 0 aliphatic carbocycles. The maximum atomic E-state index is 11.7. The van der Waals surface area contributed by atoms with Gasteiger partial charge in [0.05, 0.1) is 13.2 Å². The van der Waals surface area contributed by atoms with Crippen LogP contribution in [-0.4, -0.2) is 110 Å². The molecule has 0 aromatic carbocycles. The van der Waals surface area contributed by atoms with Gasteiger partial charge in [-0.15, -0.1) is 0 Å². The first kappa shape index (κ1) is 18.6. The van der Waals surface area contributed by atoms with Gasteiger partial charge in [-0.1, -0.05) is 0 Å². The molecule has 2 heterocycles. The maximum Gasteiger partial charge on any atom is 0.197 e. The predicted molar refractivity (Wildman–Crippen MR) is 67.6 cm³/mol. The lowest BCUT2D eigenvalue weighted by Gasteiger charge is -2.42. The molecule has 0 radical (unpaired) electrons. The van der Waals surface area contributed by atoms with E-state index >= 15 is 0 Å². The first-order valence-electron chi connectivity index (χ1n) is 6.94. The summed E-state index contributed by atoms with van der Waals surface area (Å²) in [5, 5.41) is 66.4. The van der Waals surface area contributed by atoms with Crippen LogP contribution in [0.4, 0.5) is 0 Å². The number of hydrogen-bond donors (Lipinski definition) is 7. The highest BCUT2D eigenvalue weighted by Gasteiger charge is 2.49. The van der Waals surface area contributed by atoms with Crippen LogP contribution < -0.4 is 0 Å². The molecule has 0 aromatic heterocycles. The lowest BCUT2D eigenvalue weighted by atomic mass is 9.99. The number of hydrogen-bond acceptors (Lipinski definition) is 11. The molecule has 9 atom stereocenters. The molecular formula is C12H20O11. The third-order valence-corrected chi connectivity index (χ3v) is 3.80. The molecule has 2 rings (SSSR count). The molecule has 11 nitrogen and oxygen atoms in total. The number of Topliss-reactive ketones (excluding diaryl/α,β-unsaturated/α-hetero) is 1. The number of aliphatic hydroxyl groups excluding tert-OH is 7. The van der Waals surface area contributed by atoms with E-state index in [0.29, 0.717) is 0 Å². The SMILES string of the molecule is O=C1[C@@H](O)[C@H](O[C@H]2O[C@H](CO)[C@@H](O)[C@H](O)[C@@H]2O)O[C@H](CO)[C@@H]1O. The van der Waals surface area contributed by atoms with Crippen LogP contribution in [-0.2, 0) is 19.0 Å². The van der Waals surface area contributed by atoms with Gasteiger partial charge in [0.1, 0.15) is 36.6 Å². The summed E-state index contributed by atoms with van der Waals surface area (Å²) in [6.45, 7) is -1.41. The Morgan fingerprint density at radius 3 is 1.91 bits per heavy atom. The molecule has 2 fully saturated rings. The van der Waals surface area contributed by atoms with Crippen molar-refractivity contribution in [3.8, 4) is 0 Å². The van der Waals surface area contributed by atoms with E-state index in [1.165, 1.54) is 0 Å². The van der Waals surface area contributed by atoms with Gasteiger partial charge in [-0.2, -0.15) is 0 Å². The topological polar surface area (TPSA) is 186 Å². The lowest BCUT2D eigenvalue weighted by Crippen LogP contribution is -2.62. The molecule has 2 saturated heterocycles. The van der Waals surface area contributed by atoms with Crippen LogP contribution in [0.25, 0.3) is 0 Å². The molecule has 2 aliphatic heterocycles. The van der Waals surface area contributed by atoms with Gasteiger partial charge in [-0.3, -0.25) is 4.79 Å². The van der Waals surface area contributed by atoms with E-state index in [-0.39, 0.29) is 0 Å². The minimum atomic E-state index is -1.92. The van der Waals surface area contributed by atoms with Crippen molar-refractivity contribution < 1.29 is 54.8 Å². The van der Waals surface area contributed by atoms with E-state index in [2.05, 4.69) is 0 Å². The smallest absolute Gasteiger partial charge is 0.197 e. The normalized spacial score (nSPS) is 48.5. The summed E-state index contributed by atoms with van der Waals surface area (Å²) in [7, 11) is 0. The number of carbonyl (C=O) groups excluding carboxylic acids is 1. The van der Waals surface area contributed by atoms with Crippen molar-refractivity contribution in [1.29, 1.82) is 0 Å². The minimum Gasteiger partial charge on any atom is -0.394 e. The molecule has 0 aromatic rings. The van der Waals surface area contributed by atoms with Crippen LogP contribution in [0.2, 0.25) is 0 Å². The van der Waals surface area contributed by atoms with Gasteiger partial charge in [-0.25, -0.2) is 0 Å². The van der Waals surface area contributed by atoms with Crippen LogP contribution in [0.1, 0.15) is 0 Å². The highest BCUT2D eigenvalue weighted by molar-refractivity contribution is 5.88. The molecule has 0 amide bonds. The van der Waals surface area contributed by atoms with Gasteiger partial charge in [0.25, 0.3) is 0 Å². The second-order valence-corrected chi connectivity index (χ2v) is 5.35. The highest BCUT2D eigenvalue weighted by atomic mass is 16.8. The van der Waals surface area contributed by atoms with Crippen molar-refractivity contribution in [2.45, 2.75) is 55.3 Å². The van der Waals surface area contributed by atoms with Crippen molar-refractivity contribution >= 4 is 5.78 Å². The Bertz CT molecular complexity index is 416. The summed E-state index contributed by atoms with van der Waals surface area (Å²) in [6.07, 6.45) is -14.6. The molecule has 0 bridgehead atoms. The summed E-state index contributed by atoms with van der Waals surface area (Å²) in [4.78, 5) is 11.7. The van der Waals surface area contributed by atoms with Crippen LogP contribution in [0.3, 0.4) is 0 Å². The maximum absolute atomic E-state index is 11.7. The van der Waals surface area contributed by atoms with E-state index in [0.717, 1.165) is 0 Å². The molecular weight excluding hydrogens is 320 g/mol. The Morgan fingerprint density at radius 1 is 0.783 bits per heavy atom. The Hall–Kier alpha value is -0.730. The molecule has 0 unspecified atom stereocenters. The summed E-state index contributed by atoms with van der Waals surface area (Å²) >= 11 is 0. The van der Waals surface area contributed by atoms with Crippen LogP contribution in [0.5, 0.6) is 0 Å². The van der Waals surface area contributed by atoms with Crippen LogP contribution >= 0.6 is 0 Å². The summed E-state index contributed by atoms with van der Waals surface area (Å²) in [5.74, 6) is -1.05. The minimum absolute atomic E-state index is 0.685. The van der Waals surface area contributed by atoms with Crippen molar-refractivity contribution in [2.24, 2.45) is 0 Å². The zero-order valence-electron chi connectivity index (χ0n) is 11.9. The van der Waals surface area contributed by atoms with Crippen LogP contribution in [0, 0.1) is 0 Å². The third-order valence-electron chi connectivity index (χ3n) is 3.80. The molecule has 11 heteroatoms. The largest absolute Gasteiger partial charge is 0.394 e. The molecule has 0 spiro atoms. The number of ketones is 1. The quantitative estimate of drug-likeness (QED) is 0.259. The summed E-state index contributed by atoms with van der Waals surface area (Å²) in [6, 6.07) is 0. The number of rotatable bonds is 4. The standard InChI is InChI=1S/C12H20O11/c13-1-3-5(15)7(17)9(19)11(21-3)23-12-10(20)8(18)6(16)4(2-14)22-12/h3-7,9-17,19-20H,1-2H2/t3-,4-,5-,6+,7+,9+,10-,11-,12+/m1/s1. The first-order valence-corrected chi connectivity index (χ1v) is 6.94. The lowest BCUT2D eigenvalue weighted by molar-refractivity contribution is -0.358. The molecule has 7 N–H and O–H groups in total. The second-order valence-electron chi connectivity index (χ2n) is 5.35. The fourth-order valence-corrected chi connectivity index (χ4v) is 2.37. The number of carbonyl (C=O) groups is 1. The second kappa shape index (κ2) is 7.44. The van der Waals surface area contributed by atoms with E-state index in [1.54, 1.807) is 0 Å². The zero-order chi connectivity index (χ0) is 17.3. The van der Waals surface area contributed by atoms with Crippen molar-refractivity contribution in [3.63, 3.8) is 0 Å². The Balaban J connectivity index is 2.09. The van der Waals surface area contributed by atoms with Gasteiger partial charge in [0, 0.05) is 0 Å². The molecule has 134 valence electrons. The molecule has 23 heavy (non-hydrogen) atoms. The van der Waals surface area contributed by atoms with E-state index < -0.39 is 74.3 Å². The van der Waals surface area contributed by atoms with E-state index in [1.807, 2.05) is 0 Å². The summed E-state index contributed by atoms with van der Waals surface area (Å²) in [5.41, 5.74) is 0. The average Bonchev–Trinajstić information content (AvgIpc) is 2.55. The third kappa shape index (κ3) is 3.53. The number of ether oxygens (including phenoxy) is 3. The van der Waals surface area contributed by atoms with Gasteiger partial charge >= 0.3 is 0 Å². The number of aliphatic hydroxyl groups is 7. The monoisotopic (exact) mass is 340 g/mol. The average molecular weight is 340 g/mol. The van der Waals surface area contributed by atoms with E-state index in [9.17, 15) is 30.3 Å². The zero-order valence-corrected chi connectivity index (χ0v) is 11.9. The summed E-state index contributed by atoms with van der Waals surface area (Å²) < 4.78 is 15.2. The van der Waals surface area contributed by atoms with Gasteiger partial charge in [-0.05, 0) is 0 Å². The van der Waals surface area contributed by atoms with Gasteiger partial charge in [0.15, 0.2) is 24.5 Å². The molecule has 2 aliphatic rings. The Morgan fingerprint density at radius 2 is 1.35 bits per heavy atom. The predicted octanol–water partition coefficient (Wildman–Crippen LogP) is -5.19. The van der Waals surface area contributed by atoms with Crippen molar-refractivity contribution in [2.75, 3.05) is 13.2 Å². The van der Waals surface area contributed by atoms with Crippen molar-refractivity contribution in [3.05, 3.63) is 0 Å². The Kier molecular flexibility index (Phi) is 6.02. The fraction of sp³-hybridized carbons (Fsp3) is 0.917. The fourth-order valence-electron chi connectivity index (χ4n) is 2.37. The Labute approximate surface area is 130 Å². The molecule has 0 saturated carbocycles. The van der Waals surface area contributed by atoms with Crippen LogP contribution in [0.15, 0.2) is 0 Å².